The molecular weight excluding hydrogens is 568 g/mol. The minimum Gasteiger partial charge on any atom is -0.325 e. The van der Waals surface area contributed by atoms with Crippen molar-refractivity contribution in [1.29, 1.82) is 0 Å². The van der Waals surface area contributed by atoms with E-state index in [9.17, 15) is 9.59 Å². The average Bonchev–Trinajstić information content (AvgIpc) is 2.91. The number of hydrogen-bond donors (Lipinski definition) is 2. The van der Waals surface area contributed by atoms with Crippen LogP contribution in [-0.4, -0.2) is 22.5 Å². The van der Waals surface area contributed by atoms with Crippen molar-refractivity contribution >= 4 is 55.0 Å². The Kier molecular flexibility index (Phi) is 8.50. The fourth-order valence-electron chi connectivity index (χ4n) is 3.98. The van der Waals surface area contributed by atoms with Crippen LogP contribution in [0.5, 0.6) is 0 Å². The maximum Gasteiger partial charge on any atom is 0.235 e. The lowest BCUT2D eigenvalue weighted by atomic mass is 9.84. The molecule has 0 heterocycles. The third-order valence-electron chi connectivity index (χ3n) is 5.65. The van der Waals surface area contributed by atoms with Crippen molar-refractivity contribution in [2.75, 3.05) is 21.3 Å². The van der Waals surface area contributed by atoms with Gasteiger partial charge in [-0.25, -0.2) is 0 Å². The number of carbonyl (C=O) groups is 2. The van der Waals surface area contributed by atoms with E-state index in [2.05, 4.69) is 78.9 Å². The Hall–Kier alpha value is -3.22. The highest BCUT2D eigenvalue weighted by molar-refractivity contribution is 9.09. The number of benzene rings is 4. The van der Waals surface area contributed by atoms with Gasteiger partial charge in [0.05, 0.1) is 10.7 Å². The topological polar surface area (TPSA) is 58.2 Å². The van der Waals surface area contributed by atoms with E-state index in [0.29, 0.717) is 0 Å². The molecule has 0 radical (unpaired) electrons. The van der Waals surface area contributed by atoms with Gasteiger partial charge in [-0.15, -0.1) is 0 Å². The summed E-state index contributed by atoms with van der Waals surface area (Å²) in [6.07, 6.45) is 0. The van der Waals surface area contributed by atoms with Crippen molar-refractivity contribution in [3.8, 4) is 11.1 Å². The van der Waals surface area contributed by atoms with Crippen molar-refractivity contribution in [2.45, 2.75) is 5.92 Å². The maximum absolute atomic E-state index is 11.7. The lowest BCUT2D eigenvalue weighted by Crippen LogP contribution is -2.13. The second-order valence-electron chi connectivity index (χ2n) is 8.03. The largest absolute Gasteiger partial charge is 0.325 e. The predicted molar refractivity (Wildman–Crippen MR) is 151 cm³/mol. The zero-order valence-corrected chi connectivity index (χ0v) is 22.1. The number of hydrogen-bond acceptors (Lipinski definition) is 2. The molecule has 4 rings (SSSR count). The van der Waals surface area contributed by atoms with E-state index in [-0.39, 0.29) is 28.4 Å². The Morgan fingerprint density at radius 3 is 1.31 bits per heavy atom. The third kappa shape index (κ3) is 6.47. The quantitative estimate of drug-likeness (QED) is 0.168. The van der Waals surface area contributed by atoms with Crippen LogP contribution in [0.25, 0.3) is 11.1 Å². The minimum absolute atomic E-state index is 0.0123. The van der Waals surface area contributed by atoms with Gasteiger partial charge in [-0.2, -0.15) is 0 Å². The molecule has 0 fully saturated rings. The van der Waals surface area contributed by atoms with E-state index < -0.39 is 0 Å². The van der Waals surface area contributed by atoms with Crippen LogP contribution >= 0.6 is 31.9 Å². The van der Waals surface area contributed by atoms with Gasteiger partial charge in [0.2, 0.25) is 11.8 Å². The Bertz CT molecular complexity index is 1210. The number of nitrogens with one attached hydrogen (secondary N) is 2. The van der Waals surface area contributed by atoms with Gasteiger partial charge in [0.15, 0.2) is 0 Å². The van der Waals surface area contributed by atoms with Crippen LogP contribution in [0, 0.1) is 0 Å². The number of anilines is 2. The summed E-state index contributed by atoms with van der Waals surface area (Å²) in [7, 11) is 0. The van der Waals surface area contributed by atoms with Crippen LogP contribution in [0.2, 0.25) is 0 Å². The molecule has 0 aliphatic heterocycles. The van der Waals surface area contributed by atoms with E-state index >= 15 is 0 Å². The first-order valence-electron chi connectivity index (χ1n) is 11.1. The molecule has 0 saturated carbocycles. The zero-order chi connectivity index (χ0) is 24.6. The third-order valence-corrected chi connectivity index (χ3v) is 6.67. The Labute approximate surface area is 222 Å². The summed E-state index contributed by atoms with van der Waals surface area (Å²) in [4.78, 5) is 23.5. The highest BCUT2D eigenvalue weighted by Crippen LogP contribution is 2.34. The summed E-state index contributed by atoms with van der Waals surface area (Å²) in [5.41, 5.74) is 7.20. The molecule has 6 heteroatoms. The molecule has 0 spiro atoms. The van der Waals surface area contributed by atoms with Crippen LogP contribution in [0.1, 0.15) is 22.6 Å². The standard InChI is InChI=1S/C29H24Br2N2O2/c30-18-27(34)32-25-14-10-23(11-15-25)29(24-12-16-26(17-13-24)33-28(35)19-31)22-8-6-21(7-9-22)20-4-2-1-3-5-20/h1-17,29H,18-19H2,(H,32,34)(H,33,35). The highest BCUT2D eigenvalue weighted by Gasteiger charge is 2.17. The van der Waals surface area contributed by atoms with E-state index in [1.54, 1.807) is 0 Å². The molecule has 4 nitrogen and oxygen atoms in total. The molecule has 4 aromatic rings. The second kappa shape index (κ2) is 12.0. The molecule has 2 N–H and O–H groups in total. The number of alkyl halides is 2. The molecule has 0 aliphatic rings. The molecule has 4 aromatic carbocycles. The van der Waals surface area contributed by atoms with Crippen molar-refractivity contribution in [2.24, 2.45) is 0 Å². The molecule has 0 atom stereocenters. The smallest absolute Gasteiger partial charge is 0.235 e. The van der Waals surface area contributed by atoms with Gasteiger partial charge in [0.25, 0.3) is 0 Å². The van der Waals surface area contributed by atoms with Crippen LogP contribution in [0.15, 0.2) is 103 Å². The summed E-state index contributed by atoms with van der Waals surface area (Å²) >= 11 is 6.36. The number of halogens is 2. The highest BCUT2D eigenvalue weighted by atomic mass is 79.9. The van der Waals surface area contributed by atoms with Gasteiger partial charge in [-0.05, 0) is 52.1 Å². The lowest BCUT2D eigenvalue weighted by molar-refractivity contribution is -0.114. The first-order chi connectivity index (χ1) is 17.1. The molecular formula is C29H24Br2N2O2. The molecule has 0 unspecified atom stereocenters. The fourth-order valence-corrected chi connectivity index (χ4v) is 4.26. The first-order valence-corrected chi connectivity index (χ1v) is 13.4. The van der Waals surface area contributed by atoms with Crippen molar-refractivity contribution in [1.82, 2.24) is 0 Å². The van der Waals surface area contributed by atoms with E-state index in [0.717, 1.165) is 33.6 Å². The van der Waals surface area contributed by atoms with Gasteiger partial charge >= 0.3 is 0 Å². The summed E-state index contributed by atoms with van der Waals surface area (Å²) in [6.45, 7) is 0. The summed E-state index contributed by atoms with van der Waals surface area (Å²) in [6, 6.07) is 34.8. The fraction of sp³-hybridized carbons (Fsp3) is 0.103. The summed E-state index contributed by atoms with van der Waals surface area (Å²) < 4.78 is 0. The van der Waals surface area contributed by atoms with Gasteiger partial charge < -0.3 is 10.6 Å². The molecule has 2 amide bonds. The molecule has 0 saturated heterocycles. The van der Waals surface area contributed by atoms with Gasteiger partial charge in [0.1, 0.15) is 0 Å². The van der Waals surface area contributed by atoms with Gasteiger partial charge in [0, 0.05) is 17.3 Å². The number of rotatable bonds is 8. The monoisotopic (exact) mass is 590 g/mol. The molecule has 0 bridgehead atoms. The van der Waals surface area contributed by atoms with E-state index in [1.807, 2.05) is 66.7 Å². The van der Waals surface area contributed by atoms with Crippen LogP contribution < -0.4 is 10.6 Å². The normalized spacial score (nSPS) is 10.7. The van der Waals surface area contributed by atoms with Crippen LogP contribution in [0.4, 0.5) is 11.4 Å². The average molecular weight is 592 g/mol. The van der Waals surface area contributed by atoms with Crippen molar-refractivity contribution in [3.63, 3.8) is 0 Å². The molecule has 0 aromatic heterocycles. The van der Waals surface area contributed by atoms with Crippen LogP contribution in [0.3, 0.4) is 0 Å². The molecule has 176 valence electrons. The number of amides is 2. The second-order valence-corrected chi connectivity index (χ2v) is 9.15. The first kappa shape index (κ1) is 24.9. The lowest BCUT2D eigenvalue weighted by Gasteiger charge is -2.20. The van der Waals surface area contributed by atoms with Gasteiger partial charge in [-0.1, -0.05) is 111 Å². The molecule has 0 aliphatic carbocycles. The zero-order valence-electron chi connectivity index (χ0n) is 18.9. The maximum atomic E-state index is 11.7. The Balaban J connectivity index is 1.68. The van der Waals surface area contributed by atoms with Gasteiger partial charge in [-0.3, -0.25) is 9.59 Å². The van der Waals surface area contributed by atoms with Crippen LogP contribution in [-0.2, 0) is 9.59 Å². The Morgan fingerprint density at radius 1 is 0.543 bits per heavy atom. The predicted octanol–water partition coefficient (Wildman–Crippen LogP) is 7.20. The SMILES string of the molecule is O=C(CBr)Nc1ccc(C(c2ccc(NC(=O)CBr)cc2)c2ccc(-c3ccccc3)cc2)cc1. The van der Waals surface area contributed by atoms with E-state index in [4.69, 9.17) is 0 Å². The van der Waals surface area contributed by atoms with Crippen molar-refractivity contribution in [3.05, 3.63) is 120 Å². The Morgan fingerprint density at radius 2 is 0.914 bits per heavy atom. The summed E-state index contributed by atoms with van der Waals surface area (Å²) in [5, 5.41) is 6.23. The minimum atomic E-state index is -0.0908. The molecule has 35 heavy (non-hydrogen) atoms. The summed E-state index contributed by atoms with van der Waals surface area (Å²) in [5.74, 6) is -0.194. The van der Waals surface area contributed by atoms with E-state index in [1.165, 1.54) is 5.56 Å². The van der Waals surface area contributed by atoms with Crippen molar-refractivity contribution < 1.29 is 9.59 Å². The number of carbonyl (C=O) groups excluding carboxylic acids is 2.